The lowest BCUT2D eigenvalue weighted by atomic mass is 9.82. The lowest BCUT2D eigenvalue weighted by Crippen LogP contribution is -2.32. The van der Waals surface area contributed by atoms with E-state index < -0.39 is 12.6 Å². The molecule has 0 N–H and O–H groups in total. The molecule has 1 aliphatic heterocycles. The molecule has 2 bridgehead atoms. The van der Waals surface area contributed by atoms with Crippen molar-refractivity contribution < 1.29 is 23.9 Å². The molecular weight excluding hydrogens is 632 g/mol. The van der Waals surface area contributed by atoms with Gasteiger partial charge in [-0.2, -0.15) is 0 Å². The third-order valence-corrected chi connectivity index (χ3v) is 10.2. The quantitative estimate of drug-likeness (QED) is 0.0929. The van der Waals surface area contributed by atoms with Crippen LogP contribution in [0.5, 0.6) is 0 Å². The van der Waals surface area contributed by atoms with Crippen molar-refractivity contribution in [2.45, 2.75) is 34.1 Å². The molecule has 3 aromatic carbocycles. The van der Waals surface area contributed by atoms with Gasteiger partial charge < -0.3 is 4.74 Å². The molecule has 45 heavy (non-hydrogen) atoms. The van der Waals surface area contributed by atoms with Gasteiger partial charge in [-0.3, -0.25) is 19.3 Å². The number of hydrogen-bond donors (Lipinski definition) is 0. The van der Waals surface area contributed by atoms with E-state index in [0.29, 0.717) is 33.4 Å². The molecule has 2 heterocycles. The van der Waals surface area contributed by atoms with Crippen LogP contribution < -0.4 is 4.90 Å². The summed E-state index contributed by atoms with van der Waals surface area (Å²) < 4.78 is 6.34. The molecule has 7 nitrogen and oxygen atoms in total. The van der Waals surface area contributed by atoms with Crippen molar-refractivity contribution >= 4 is 56.1 Å². The average molecular weight is 664 g/mol. The Balaban J connectivity index is 1.18. The number of ether oxygens (including phenoxy) is 1. The van der Waals surface area contributed by atoms with Gasteiger partial charge in [-0.05, 0) is 99.0 Å². The molecule has 2 amide bonds. The smallest absolute Gasteiger partial charge is 0.339 e. The molecule has 2 fully saturated rings. The van der Waals surface area contributed by atoms with Gasteiger partial charge in [0.2, 0.25) is 11.8 Å². The molecular formula is C37H31BrN2O5. The Hall–Kier alpha value is -4.43. The van der Waals surface area contributed by atoms with E-state index >= 15 is 0 Å². The summed E-state index contributed by atoms with van der Waals surface area (Å²) in [5.74, 6) is -1.42. The number of carbonyl (C=O) groups is 4. The average Bonchev–Trinajstić information content (AvgIpc) is 3.66. The van der Waals surface area contributed by atoms with Crippen LogP contribution in [0.3, 0.4) is 0 Å². The number of rotatable bonds is 6. The first-order chi connectivity index (χ1) is 21.5. The topological polar surface area (TPSA) is 93.6 Å². The number of carbonyl (C=O) groups excluding carboxylic acids is 4. The molecule has 2 aliphatic carbocycles. The molecule has 226 valence electrons. The summed E-state index contributed by atoms with van der Waals surface area (Å²) in [7, 11) is 0. The summed E-state index contributed by atoms with van der Waals surface area (Å²) in [5, 5.41) is 0.601. The Morgan fingerprint density at radius 1 is 0.889 bits per heavy atom. The number of nitrogens with zero attached hydrogens (tertiary/aromatic N) is 2. The number of hydrogen-bond acceptors (Lipinski definition) is 6. The summed E-state index contributed by atoms with van der Waals surface area (Å²) in [6, 6.07) is 17.9. The maximum Gasteiger partial charge on any atom is 0.339 e. The van der Waals surface area contributed by atoms with Gasteiger partial charge in [-0.25, -0.2) is 9.78 Å². The fraction of sp³-hybridized carbons (Fsp3) is 0.270. The normalized spacial score (nSPS) is 21.8. The molecule has 4 atom stereocenters. The van der Waals surface area contributed by atoms with Crippen molar-refractivity contribution in [3.63, 3.8) is 0 Å². The maximum atomic E-state index is 13.5. The van der Waals surface area contributed by atoms with Crippen LogP contribution in [0.25, 0.3) is 22.2 Å². The minimum atomic E-state index is -0.631. The van der Waals surface area contributed by atoms with Crippen molar-refractivity contribution in [3.05, 3.63) is 105 Å². The summed E-state index contributed by atoms with van der Waals surface area (Å²) in [4.78, 5) is 59.4. The van der Waals surface area contributed by atoms with Crippen molar-refractivity contribution in [2.75, 3.05) is 11.5 Å². The number of aryl methyl sites for hydroxylation is 3. The number of benzene rings is 3. The van der Waals surface area contributed by atoms with Gasteiger partial charge in [0.1, 0.15) is 0 Å². The largest absolute Gasteiger partial charge is 0.454 e. The lowest BCUT2D eigenvalue weighted by molar-refractivity contribution is -0.123. The Labute approximate surface area is 269 Å². The van der Waals surface area contributed by atoms with E-state index in [0.717, 1.165) is 27.6 Å². The zero-order chi connectivity index (χ0) is 31.7. The van der Waals surface area contributed by atoms with Crippen LogP contribution in [0, 0.1) is 44.4 Å². The van der Waals surface area contributed by atoms with Gasteiger partial charge >= 0.3 is 5.97 Å². The van der Waals surface area contributed by atoms with Crippen LogP contribution in [0.2, 0.25) is 0 Å². The van der Waals surface area contributed by atoms with Crippen molar-refractivity contribution in [1.82, 2.24) is 4.98 Å². The standard InChI is InChI=1S/C37H31BrN2O5/c1-18-5-6-23(11-19(18)2)31(41)17-45-37(44)29-16-30(39-34-21(4)13-25(38)15-28(29)34)22-7-9-26(10-8-22)40-35(42)32-24-12-20(3)27(14-24)33(32)36(40)43/h5-13,15-16,24,27,32-33H,14,17H2,1-4H3. The van der Waals surface area contributed by atoms with Gasteiger partial charge in [0.25, 0.3) is 0 Å². The first-order valence-electron chi connectivity index (χ1n) is 15.1. The van der Waals surface area contributed by atoms with Crippen molar-refractivity contribution in [2.24, 2.45) is 23.7 Å². The van der Waals surface area contributed by atoms with E-state index in [1.165, 1.54) is 10.5 Å². The fourth-order valence-electron chi connectivity index (χ4n) is 7.29. The number of esters is 1. The van der Waals surface area contributed by atoms with Gasteiger partial charge in [0, 0.05) is 21.0 Å². The second-order valence-corrected chi connectivity index (χ2v) is 13.4. The zero-order valence-corrected chi connectivity index (χ0v) is 27.0. The van der Waals surface area contributed by atoms with Gasteiger partial charge in [-0.15, -0.1) is 0 Å². The number of pyridine rings is 1. The zero-order valence-electron chi connectivity index (χ0n) is 25.4. The number of imide groups is 1. The Morgan fingerprint density at radius 2 is 1.62 bits per heavy atom. The number of ketones is 1. The fourth-order valence-corrected chi connectivity index (χ4v) is 7.86. The Morgan fingerprint density at radius 3 is 2.36 bits per heavy atom. The Bertz CT molecular complexity index is 2000. The predicted molar refractivity (Wildman–Crippen MR) is 175 cm³/mol. The van der Waals surface area contributed by atoms with Crippen LogP contribution in [0.4, 0.5) is 5.69 Å². The highest BCUT2D eigenvalue weighted by Gasteiger charge is 2.60. The third kappa shape index (κ3) is 4.83. The molecule has 3 aliphatic rings. The molecule has 7 rings (SSSR count). The minimum absolute atomic E-state index is 0.122. The molecule has 4 unspecified atom stereocenters. The molecule has 8 heteroatoms. The summed E-state index contributed by atoms with van der Waals surface area (Å²) in [6.07, 6.45) is 3.05. The molecule has 1 saturated heterocycles. The number of halogens is 1. The van der Waals surface area contributed by atoms with E-state index in [1.807, 2.05) is 51.1 Å². The van der Waals surface area contributed by atoms with E-state index in [1.54, 1.807) is 30.3 Å². The van der Waals surface area contributed by atoms with E-state index in [4.69, 9.17) is 9.72 Å². The highest BCUT2D eigenvalue weighted by Crippen LogP contribution is 2.56. The number of aromatic nitrogens is 1. The van der Waals surface area contributed by atoms with Gasteiger partial charge in [-0.1, -0.05) is 51.8 Å². The molecule has 4 aromatic rings. The van der Waals surface area contributed by atoms with E-state index in [2.05, 4.69) is 28.9 Å². The summed E-state index contributed by atoms with van der Waals surface area (Å²) >= 11 is 3.52. The van der Waals surface area contributed by atoms with Crippen LogP contribution in [-0.2, 0) is 14.3 Å². The highest BCUT2D eigenvalue weighted by molar-refractivity contribution is 9.10. The third-order valence-electron chi connectivity index (χ3n) is 9.75. The predicted octanol–water partition coefficient (Wildman–Crippen LogP) is 7.33. The monoisotopic (exact) mass is 662 g/mol. The highest BCUT2D eigenvalue weighted by atomic mass is 79.9. The minimum Gasteiger partial charge on any atom is -0.454 e. The molecule has 0 spiro atoms. The van der Waals surface area contributed by atoms with Crippen LogP contribution in [-0.4, -0.2) is 35.2 Å². The first kappa shape index (κ1) is 29.3. The van der Waals surface area contributed by atoms with Gasteiger partial charge in [0.05, 0.1) is 34.3 Å². The van der Waals surface area contributed by atoms with Crippen LogP contribution in [0.15, 0.2) is 76.8 Å². The number of Topliss-reactive ketones (excluding diaryl/α,β-unsaturated/α-hetero) is 1. The lowest BCUT2D eigenvalue weighted by Gasteiger charge is -2.19. The summed E-state index contributed by atoms with van der Waals surface area (Å²) in [5.41, 5.74) is 7.31. The van der Waals surface area contributed by atoms with Crippen molar-refractivity contribution in [1.29, 1.82) is 0 Å². The number of amides is 2. The second-order valence-electron chi connectivity index (χ2n) is 12.5. The first-order valence-corrected chi connectivity index (χ1v) is 15.9. The van der Waals surface area contributed by atoms with Crippen molar-refractivity contribution in [3.8, 4) is 11.3 Å². The Kier molecular flexibility index (Phi) is 7.08. The number of allylic oxidation sites excluding steroid dienone is 2. The van der Waals surface area contributed by atoms with E-state index in [9.17, 15) is 19.2 Å². The maximum absolute atomic E-state index is 13.5. The van der Waals surface area contributed by atoms with E-state index in [-0.39, 0.29) is 46.8 Å². The molecule has 0 radical (unpaired) electrons. The molecule has 1 saturated carbocycles. The summed E-state index contributed by atoms with van der Waals surface area (Å²) in [6.45, 7) is 7.49. The van der Waals surface area contributed by atoms with Crippen LogP contribution in [0.1, 0.15) is 50.8 Å². The second kappa shape index (κ2) is 10.9. The number of anilines is 1. The SMILES string of the molecule is CC1=CC2CC1C1C(=O)N(c3ccc(-c4cc(C(=O)OCC(=O)c5ccc(C)c(C)c5)c5cc(Br)cc(C)c5n4)cc3)C(=O)C21. The van der Waals surface area contributed by atoms with Gasteiger partial charge in [0.15, 0.2) is 12.4 Å². The number of fused-ring (bicyclic) bond motifs is 6. The molecule has 1 aromatic heterocycles. The van der Waals surface area contributed by atoms with Crippen LogP contribution >= 0.6 is 15.9 Å².